The van der Waals surface area contributed by atoms with Crippen LogP contribution in [0.15, 0.2) is 4.99 Å². The molecule has 0 saturated heterocycles. The van der Waals surface area contributed by atoms with Crippen molar-refractivity contribution in [2.75, 3.05) is 0 Å². The number of carbonyl (C=O) groups excluding carboxylic acids is 1. The van der Waals surface area contributed by atoms with Crippen LogP contribution in [0.1, 0.15) is 0 Å². The van der Waals surface area contributed by atoms with E-state index < -0.39 is 0 Å². The first-order valence-electron chi connectivity index (χ1n) is 1.48. The molecule has 0 atom stereocenters. The number of nitrogens with one attached hydrogen (secondary N) is 1. The highest BCUT2D eigenvalue weighted by Crippen LogP contribution is 1.60. The Morgan fingerprint density at radius 1 is 2.00 bits per heavy atom. The molecular weight excluding hydrogens is 80.0 g/mol. The normalized spacial score (nSPS) is 17.0. The number of rotatable bonds is 0. The summed E-state index contributed by atoms with van der Waals surface area (Å²) in [7, 11) is 0. The van der Waals surface area contributed by atoms with Gasteiger partial charge in [-0.25, -0.2) is 0 Å². The standard InChI is InChI=1S/C3H2N2O/c6-3-1-4-2-5-3/h1,4H. The van der Waals surface area contributed by atoms with Crippen LogP contribution in [-0.2, 0) is 4.79 Å². The number of amides is 1. The average molecular weight is 82.1 g/mol. The van der Waals surface area contributed by atoms with Gasteiger partial charge in [0, 0.05) is 6.21 Å². The second-order valence-corrected chi connectivity index (χ2v) is 0.851. The van der Waals surface area contributed by atoms with E-state index >= 15 is 0 Å². The van der Waals surface area contributed by atoms with Crippen molar-refractivity contribution in [3.63, 3.8) is 0 Å². The maximum atomic E-state index is 9.90. The first kappa shape index (κ1) is 3.21. The largest absolute Gasteiger partial charge is 0.356 e. The third-order valence-electron chi connectivity index (χ3n) is 0.426. The minimum Gasteiger partial charge on any atom is -0.356 e. The second-order valence-electron chi connectivity index (χ2n) is 0.851. The van der Waals surface area contributed by atoms with Crippen LogP contribution in [0, 0.1) is 0 Å². The van der Waals surface area contributed by atoms with E-state index in [0.717, 1.165) is 0 Å². The Hall–Kier alpha value is -0.990. The highest BCUT2D eigenvalue weighted by molar-refractivity contribution is 6.27. The first-order valence-corrected chi connectivity index (χ1v) is 1.48. The Labute approximate surface area is 34.4 Å². The molecule has 0 unspecified atom stereocenters. The van der Waals surface area contributed by atoms with Crippen molar-refractivity contribution in [1.29, 1.82) is 0 Å². The summed E-state index contributed by atoms with van der Waals surface area (Å²) in [5.74, 6) is -0.269. The van der Waals surface area contributed by atoms with E-state index in [9.17, 15) is 4.79 Å². The fourth-order valence-electron chi connectivity index (χ4n) is 0.214. The van der Waals surface area contributed by atoms with Gasteiger partial charge in [0.1, 0.15) is 0 Å². The van der Waals surface area contributed by atoms with Gasteiger partial charge in [0.05, 0.1) is 0 Å². The molecule has 1 aliphatic heterocycles. The third-order valence-corrected chi connectivity index (χ3v) is 0.426. The van der Waals surface area contributed by atoms with E-state index in [1.54, 1.807) is 0 Å². The maximum absolute atomic E-state index is 9.90. The van der Waals surface area contributed by atoms with Crippen molar-refractivity contribution in [3.05, 3.63) is 0 Å². The smallest absolute Gasteiger partial charge is 0.254 e. The Kier molecular flexibility index (Phi) is 0.538. The lowest BCUT2D eigenvalue weighted by Crippen LogP contribution is -2.64. The molecule has 30 valence electrons. The van der Waals surface area contributed by atoms with Gasteiger partial charge in [0.25, 0.3) is 5.91 Å². The number of nitrogens with zero attached hydrogens (tertiary/aromatic N) is 1. The molecule has 1 heterocycles. The molecule has 3 nitrogen and oxygen atoms in total. The van der Waals surface area contributed by atoms with Crippen LogP contribution in [0.3, 0.4) is 0 Å². The van der Waals surface area contributed by atoms with Crippen molar-refractivity contribution in [1.82, 2.24) is 0 Å². The molecule has 0 fully saturated rings. The molecule has 1 rings (SSSR count). The van der Waals surface area contributed by atoms with Gasteiger partial charge in [-0.2, -0.15) is 0 Å². The van der Waals surface area contributed by atoms with Gasteiger partial charge in [-0.3, -0.25) is 0 Å². The summed E-state index contributed by atoms with van der Waals surface area (Å²) in [5.41, 5.74) is 0. The Balaban J connectivity index is 2.86. The third kappa shape index (κ3) is 0.337. The summed E-state index contributed by atoms with van der Waals surface area (Å²) >= 11 is 0. The molecule has 0 aromatic heterocycles. The van der Waals surface area contributed by atoms with Gasteiger partial charge in [-0.1, -0.05) is 0 Å². The zero-order valence-electron chi connectivity index (χ0n) is 2.93. The molecule has 0 spiro atoms. The topological polar surface area (TPSA) is 43.4 Å². The molecule has 0 bridgehead atoms. The van der Waals surface area contributed by atoms with Gasteiger partial charge < -0.3 is 9.79 Å². The molecule has 1 aliphatic rings. The number of hydrogen-bond donors (Lipinski definition) is 1. The Morgan fingerprint density at radius 2 is 2.83 bits per heavy atom. The molecule has 0 aromatic rings. The predicted molar refractivity (Wildman–Crippen MR) is 19.5 cm³/mol. The van der Waals surface area contributed by atoms with Crippen LogP contribution in [0.25, 0.3) is 0 Å². The quantitative estimate of drug-likeness (QED) is 0.325. The molecule has 0 saturated carbocycles. The van der Waals surface area contributed by atoms with Gasteiger partial charge in [0.2, 0.25) is 6.34 Å². The van der Waals surface area contributed by atoms with Crippen LogP contribution >= 0.6 is 0 Å². The fraction of sp³-hybridized carbons (Fsp3) is 0. The lowest BCUT2D eigenvalue weighted by Gasteiger charge is -1.61. The van der Waals surface area contributed by atoms with E-state index in [4.69, 9.17) is 0 Å². The van der Waals surface area contributed by atoms with Gasteiger partial charge in [-0.05, 0) is 0 Å². The molecule has 0 radical (unpaired) electrons. The average Bonchev–Trinajstić information content (AvgIpc) is 1.86. The maximum Gasteiger partial charge on any atom is 0.254 e. The van der Waals surface area contributed by atoms with Crippen molar-refractivity contribution in [2.24, 2.45) is 4.99 Å². The second kappa shape index (κ2) is 1.01. The van der Waals surface area contributed by atoms with E-state index in [1.165, 1.54) is 6.21 Å². The Morgan fingerprint density at radius 3 is 3.00 bits per heavy atom. The van der Waals surface area contributed by atoms with E-state index in [1.807, 2.05) is 0 Å². The number of carbonyl (C=O) groups is 1. The van der Waals surface area contributed by atoms with E-state index in [-0.39, 0.29) is 5.91 Å². The predicted octanol–water partition coefficient (Wildman–Crippen LogP) is -2.42. The van der Waals surface area contributed by atoms with E-state index in [2.05, 4.69) is 16.3 Å². The monoisotopic (exact) mass is 82.0 g/mol. The summed E-state index contributed by atoms with van der Waals surface area (Å²) < 4.78 is 0. The summed E-state index contributed by atoms with van der Waals surface area (Å²) in [6.07, 6.45) is 3.48. The van der Waals surface area contributed by atoms with Gasteiger partial charge >= 0.3 is 0 Å². The minimum atomic E-state index is -0.269. The highest BCUT2D eigenvalue weighted by Gasteiger charge is 1.90. The van der Waals surface area contributed by atoms with Crippen molar-refractivity contribution >= 4 is 18.5 Å². The molecule has 6 heavy (non-hydrogen) atoms. The van der Waals surface area contributed by atoms with Gasteiger partial charge in [0.15, 0.2) is 0 Å². The Bertz CT molecular complexity index is 111. The van der Waals surface area contributed by atoms with Crippen molar-refractivity contribution in [2.45, 2.75) is 0 Å². The first-order chi connectivity index (χ1) is 2.89. The van der Waals surface area contributed by atoms with Crippen LogP contribution in [0.2, 0.25) is 0 Å². The van der Waals surface area contributed by atoms with E-state index in [0.29, 0.717) is 0 Å². The minimum absolute atomic E-state index is 0.269. The van der Waals surface area contributed by atoms with Crippen LogP contribution in [0.5, 0.6) is 0 Å². The van der Waals surface area contributed by atoms with Crippen LogP contribution < -0.4 is 4.99 Å². The lowest BCUT2D eigenvalue weighted by atomic mass is 10.7. The number of aliphatic imine (C=N–C) groups is 1. The van der Waals surface area contributed by atoms with Crippen LogP contribution in [0.4, 0.5) is 0 Å². The zero-order valence-corrected chi connectivity index (χ0v) is 2.93. The SMILES string of the molecule is O=C1C=[NH+][C-]=N1. The summed E-state index contributed by atoms with van der Waals surface area (Å²) in [6.45, 7) is 0. The summed E-state index contributed by atoms with van der Waals surface area (Å²) in [4.78, 5) is 15.5. The van der Waals surface area contributed by atoms with Gasteiger partial charge in [-0.15, -0.1) is 4.99 Å². The van der Waals surface area contributed by atoms with Crippen molar-refractivity contribution in [3.8, 4) is 0 Å². The molecule has 0 aromatic carbocycles. The lowest BCUT2D eigenvalue weighted by molar-refractivity contribution is -0.292. The van der Waals surface area contributed by atoms with Crippen LogP contribution in [-0.4, -0.2) is 18.5 Å². The molecule has 1 amide bonds. The molecule has 0 aliphatic carbocycles. The number of hydrogen-bond acceptors (Lipinski definition) is 1. The van der Waals surface area contributed by atoms with Crippen molar-refractivity contribution < 1.29 is 9.79 Å². The fourth-order valence-corrected chi connectivity index (χ4v) is 0.214. The molecular formula is C3H2N2O. The summed E-state index contributed by atoms with van der Waals surface area (Å²) in [5, 5.41) is 0. The zero-order chi connectivity index (χ0) is 4.41. The molecule has 1 N–H and O–H groups in total. The highest BCUT2D eigenvalue weighted by atomic mass is 16.1. The summed E-state index contributed by atoms with van der Waals surface area (Å²) in [6, 6.07) is 0. The molecule has 3 heteroatoms.